The summed E-state index contributed by atoms with van der Waals surface area (Å²) >= 11 is 0. The number of alkyl halides is 3. The summed E-state index contributed by atoms with van der Waals surface area (Å²) in [6.07, 6.45) is -0.348. The first-order valence-corrected chi connectivity index (χ1v) is 8.05. The van der Waals surface area contributed by atoms with Crippen LogP contribution in [0.15, 0.2) is 36.9 Å². The Kier molecular flexibility index (Phi) is 6.62. The van der Waals surface area contributed by atoms with E-state index in [0.717, 1.165) is 6.20 Å². The molecule has 2 heterocycles. The van der Waals surface area contributed by atoms with E-state index in [2.05, 4.69) is 15.0 Å². The van der Waals surface area contributed by atoms with Crippen LogP contribution in [-0.4, -0.2) is 44.0 Å². The maximum Gasteiger partial charge on any atom is 0.434 e. The number of hydrogen-bond acceptors (Lipinski definition) is 5. The predicted octanol–water partition coefficient (Wildman–Crippen LogP) is 2.41. The zero-order chi connectivity index (χ0) is 19.2. The molecule has 0 bridgehead atoms. The molecule has 0 aliphatic heterocycles. The minimum atomic E-state index is -4.57. The van der Waals surface area contributed by atoms with Gasteiger partial charge in [-0.15, -0.1) is 0 Å². The lowest BCUT2D eigenvalue weighted by molar-refractivity contribution is -0.141. The largest absolute Gasteiger partial charge is 0.434 e. The van der Waals surface area contributed by atoms with E-state index in [1.807, 2.05) is 6.92 Å². The Hall–Kier alpha value is -2.55. The van der Waals surface area contributed by atoms with Crippen LogP contribution >= 0.6 is 0 Å². The highest BCUT2D eigenvalue weighted by Gasteiger charge is 2.32. The van der Waals surface area contributed by atoms with Crippen molar-refractivity contribution in [3.8, 4) is 0 Å². The number of nitrogens with zero attached hydrogens (tertiary/aromatic N) is 4. The first-order valence-electron chi connectivity index (χ1n) is 8.05. The maximum atomic E-state index is 12.5. The van der Waals surface area contributed by atoms with Gasteiger partial charge in [-0.05, 0) is 12.5 Å². The summed E-state index contributed by atoms with van der Waals surface area (Å²) < 4.78 is 37.5. The molecule has 2 aromatic heterocycles. The van der Waals surface area contributed by atoms with Crippen molar-refractivity contribution in [3.05, 3.63) is 53.9 Å². The van der Waals surface area contributed by atoms with Crippen molar-refractivity contribution < 1.29 is 23.1 Å². The van der Waals surface area contributed by atoms with E-state index in [4.69, 9.17) is 0 Å². The molecule has 0 saturated carbocycles. The van der Waals surface area contributed by atoms with Crippen LogP contribution in [0.2, 0.25) is 0 Å². The summed E-state index contributed by atoms with van der Waals surface area (Å²) in [6, 6.07) is 3.38. The van der Waals surface area contributed by atoms with E-state index in [0.29, 0.717) is 24.7 Å². The topological polar surface area (TPSA) is 79.2 Å². The van der Waals surface area contributed by atoms with E-state index in [9.17, 15) is 23.1 Å². The van der Waals surface area contributed by atoms with Crippen molar-refractivity contribution in [1.82, 2.24) is 19.9 Å². The quantitative estimate of drug-likeness (QED) is 0.812. The second-order valence-electron chi connectivity index (χ2n) is 5.71. The highest BCUT2D eigenvalue weighted by atomic mass is 19.4. The van der Waals surface area contributed by atoms with Gasteiger partial charge in [0.05, 0.1) is 31.0 Å². The molecule has 0 saturated heterocycles. The van der Waals surface area contributed by atoms with Crippen LogP contribution in [0.5, 0.6) is 0 Å². The minimum absolute atomic E-state index is 0.0619. The van der Waals surface area contributed by atoms with E-state index in [-0.39, 0.29) is 24.6 Å². The number of aliphatic hydroxyl groups is 1. The number of aliphatic hydroxyl groups excluding tert-OH is 1. The van der Waals surface area contributed by atoms with Gasteiger partial charge in [-0.3, -0.25) is 14.8 Å². The van der Waals surface area contributed by atoms with E-state index < -0.39 is 18.0 Å². The average Bonchev–Trinajstić information content (AvgIpc) is 2.61. The van der Waals surface area contributed by atoms with Crippen LogP contribution in [0.4, 0.5) is 13.2 Å². The zero-order valence-electron chi connectivity index (χ0n) is 14.1. The van der Waals surface area contributed by atoms with Gasteiger partial charge in [-0.25, -0.2) is 4.98 Å². The number of hydrogen-bond donors (Lipinski definition) is 1. The van der Waals surface area contributed by atoms with Crippen molar-refractivity contribution in [3.63, 3.8) is 0 Å². The van der Waals surface area contributed by atoms with Crippen LogP contribution in [0, 0.1) is 0 Å². The SMILES string of the molecule is CCCN(C[C@@H](O)c1cccnc1)C(=O)Cc1cnc(C(F)(F)F)cn1. The van der Waals surface area contributed by atoms with Crippen molar-refractivity contribution >= 4 is 5.91 Å². The van der Waals surface area contributed by atoms with Gasteiger partial charge in [0.2, 0.25) is 5.91 Å². The molecule has 0 radical (unpaired) electrons. The van der Waals surface area contributed by atoms with Gasteiger partial charge in [0, 0.05) is 30.7 Å². The van der Waals surface area contributed by atoms with Gasteiger partial charge in [0.1, 0.15) is 0 Å². The first kappa shape index (κ1) is 19.8. The van der Waals surface area contributed by atoms with Crippen molar-refractivity contribution in [1.29, 1.82) is 0 Å². The molecular formula is C17H19F3N4O2. The molecule has 0 aliphatic rings. The highest BCUT2D eigenvalue weighted by Crippen LogP contribution is 2.26. The summed E-state index contributed by atoms with van der Waals surface area (Å²) in [5.41, 5.74) is -0.387. The number of halogens is 3. The molecular weight excluding hydrogens is 349 g/mol. The third kappa shape index (κ3) is 5.48. The van der Waals surface area contributed by atoms with Crippen LogP contribution < -0.4 is 0 Å². The number of aromatic nitrogens is 3. The van der Waals surface area contributed by atoms with Gasteiger partial charge < -0.3 is 10.0 Å². The van der Waals surface area contributed by atoms with Crippen LogP contribution in [0.1, 0.15) is 36.4 Å². The first-order chi connectivity index (χ1) is 12.3. The molecule has 0 aromatic carbocycles. The Bertz CT molecular complexity index is 708. The molecule has 2 rings (SSSR count). The molecule has 1 N–H and O–H groups in total. The van der Waals surface area contributed by atoms with Gasteiger partial charge in [0.15, 0.2) is 5.69 Å². The van der Waals surface area contributed by atoms with Gasteiger partial charge >= 0.3 is 6.18 Å². The molecule has 6 nitrogen and oxygen atoms in total. The Morgan fingerprint density at radius 2 is 2.04 bits per heavy atom. The van der Waals surface area contributed by atoms with E-state index >= 15 is 0 Å². The van der Waals surface area contributed by atoms with Crippen LogP contribution in [0.25, 0.3) is 0 Å². The van der Waals surface area contributed by atoms with E-state index in [1.165, 1.54) is 11.1 Å². The fourth-order valence-electron chi connectivity index (χ4n) is 2.33. The molecule has 9 heteroatoms. The Labute approximate surface area is 148 Å². The number of pyridine rings is 1. The highest BCUT2D eigenvalue weighted by molar-refractivity contribution is 5.78. The lowest BCUT2D eigenvalue weighted by Crippen LogP contribution is -2.36. The molecule has 140 valence electrons. The zero-order valence-corrected chi connectivity index (χ0v) is 14.1. The molecule has 0 fully saturated rings. The number of carbonyl (C=O) groups is 1. The third-order valence-corrected chi connectivity index (χ3v) is 3.64. The number of amides is 1. The van der Waals surface area contributed by atoms with Gasteiger partial charge in [-0.1, -0.05) is 13.0 Å². The second-order valence-corrected chi connectivity index (χ2v) is 5.71. The smallest absolute Gasteiger partial charge is 0.386 e. The minimum Gasteiger partial charge on any atom is -0.386 e. The summed E-state index contributed by atoms with van der Waals surface area (Å²) in [6.45, 7) is 2.35. The average molecular weight is 368 g/mol. The summed E-state index contributed by atoms with van der Waals surface area (Å²) in [4.78, 5) is 24.8. The summed E-state index contributed by atoms with van der Waals surface area (Å²) in [7, 11) is 0. The second kappa shape index (κ2) is 8.70. The molecule has 1 atom stereocenters. The molecule has 0 unspecified atom stereocenters. The molecule has 2 aromatic rings. The molecule has 0 spiro atoms. The lowest BCUT2D eigenvalue weighted by Gasteiger charge is -2.25. The van der Waals surface area contributed by atoms with Gasteiger partial charge in [-0.2, -0.15) is 13.2 Å². The van der Waals surface area contributed by atoms with Crippen molar-refractivity contribution in [2.75, 3.05) is 13.1 Å². The predicted molar refractivity (Wildman–Crippen MR) is 86.8 cm³/mol. The van der Waals surface area contributed by atoms with Crippen LogP contribution in [-0.2, 0) is 17.4 Å². The fourth-order valence-corrected chi connectivity index (χ4v) is 2.33. The molecule has 26 heavy (non-hydrogen) atoms. The number of carbonyl (C=O) groups excluding carboxylic acids is 1. The lowest BCUT2D eigenvalue weighted by atomic mass is 10.1. The van der Waals surface area contributed by atoms with Gasteiger partial charge in [0.25, 0.3) is 0 Å². The number of rotatable bonds is 7. The normalized spacial score (nSPS) is 12.7. The Balaban J connectivity index is 2.03. The van der Waals surface area contributed by atoms with E-state index in [1.54, 1.807) is 18.3 Å². The Morgan fingerprint density at radius 1 is 1.27 bits per heavy atom. The van der Waals surface area contributed by atoms with Crippen molar-refractivity contribution in [2.24, 2.45) is 0 Å². The molecule has 1 amide bonds. The Morgan fingerprint density at radius 3 is 2.58 bits per heavy atom. The fraction of sp³-hybridized carbons (Fsp3) is 0.412. The van der Waals surface area contributed by atoms with Crippen molar-refractivity contribution in [2.45, 2.75) is 32.0 Å². The maximum absolute atomic E-state index is 12.5. The monoisotopic (exact) mass is 368 g/mol. The third-order valence-electron chi connectivity index (χ3n) is 3.64. The standard InChI is InChI=1S/C17H19F3N4O2/c1-2-6-24(11-14(25)12-4-3-5-21-8-12)16(26)7-13-9-23-15(10-22-13)17(18,19)20/h3-5,8-10,14,25H,2,6-7,11H2,1H3/t14-/m1/s1. The summed E-state index contributed by atoms with van der Waals surface area (Å²) in [5, 5.41) is 10.3. The molecule has 0 aliphatic carbocycles. The summed E-state index contributed by atoms with van der Waals surface area (Å²) in [5.74, 6) is -0.344. The van der Waals surface area contributed by atoms with Crippen LogP contribution in [0.3, 0.4) is 0 Å².